The van der Waals surface area contributed by atoms with Gasteiger partial charge in [-0.2, -0.15) is 4.98 Å². The van der Waals surface area contributed by atoms with Crippen molar-refractivity contribution in [3.63, 3.8) is 0 Å². The Morgan fingerprint density at radius 1 is 1.00 bits per heavy atom. The van der Waals surface area contributed by atoms with E-state index in [0.717, 1.165) is 27.8 Å². The van der Waals surface area contributed by atoms with Crippen LogP contribution in [0, 0.1) is 0 Å². The average molecular weight is 525 g/mol. The van der Waals surface area contributed by atoms with E-state index < -0.39 is 23.7 Å². The van der Waals surface area contributed by atoms with Crippen molar-refractivity contribution < 1.29 is 29.9 Å². The van der Waals surface area contributed by atoms with E-state index in [0.29, 0.717) is 16.1 Å². The van der Waals surface area contributed by atoms with Crippen molar-refractivity contribution in [3.05, 3.63) is 71.2 Å². The van der Waals surface area contributed by atoms with Gasteiger partial charge in [0.1, 0.15) is 12.2 Å². The van der Waals surface area contributed by atoms with E-state index >= 15 is 0 Å². The molecule has 37 heavy (non-hydrogen) atoms. The molecule has 2 unspecified atom stereocenters. The average Bonchev–Trinajstić information content (AvgIpc) is 3.49. The van der Waals surface area contributed by atoms with Gasteiger partial charge in [0.2, 0.25) is 0 Å². The number of imidazole rings is 1. The molecule has 5 rings (SSSR count). The van der Waals surface area contributed by atoms with E-state index in [4.69, 9.17) is 21.1 Å². The fourth-order valence-corrected chi connectivity index (χ4v) is 4.76. The van der Waals surface area contributed by atoms with E-state index in [-0.39, 0.29) is 32.4 Å². The lowest BCUT2D eigenvalue weighted by atomic mass is 9.83. The van der Waals surface area contributed by atoms with Crippen molar-refractivity contribution in [1.82, 2.24) is 9.97 Å². The number of aromatic amines is 1. The Morgan fingerprint density at radius 3 is 2.22 bits per heavy atom. The van der Waals surface area contributed by atoms with Crippen LogP contribution in [0.15, 0.2) is 60.7 Å². The molecule has 2 heterocycles. The van der Waals surface area contributed by atoms with Gasteiger partial charge in [-0.1, -0.05) is 67.1 Å². The Balaban J connectivity index is 1.36. The Labute approximate surface area is 219 Å². The van der Waals surface area contributed by atoms with Crippen molar-refractivity contribution in [2.45, 2.75) is 30.7 Å². The lowest BCUT2D eigenvalue weighted by Crippen LogP contribution is -2.36. The first kappa shape index (κ1) is 25.7. The molecule has 1 aliphatic heterocycles. The maximum absolute atomic E-state index is 10.2. The van der Waals surface area contributed by atoms with Gasteiger partial charge in [-0.25, -0.2) is 0 Å². The minimum atomic E-state index is -0.944. The summed E-state index contributed by atoms with van der Waals surface area (Å²) in [5, 5.41) is 39.3. The molecule has 0 bridgehead atoms. The van der Waals surface area contributed by atoms with Crippen LogP contribution >= 0.6 is 11.6 Å². The number of nitrogens with one attached hydrogen (secondary N) is 1. The van der Waals surface area contributed by atoms with Gasteiger partial charge in [-0.05, 0) is 34.4 Å². The van der Waals surface area contributed by atoms with E-state index in [1.54, 1.807) is 6.07 Å². The summed E-state index contributed by atoms with van der Waals surface area (Å²) in [7, 11) is 0. The van der Waals surface area contributed by atoms with Crippen molar-refractivity contribution in [3.8, 4) is 28.3 Å². The lowest BCUT2D eigenvalue weighted by molar-refractivity contribution is -0.00390. The normalized spacial score (nSPS) is 20.0. The van der Waals surface area contributed by atoms with Crippen LogP contribution in [-0.2, 0) is 10.2 Å². The number of H-pyrrole nitrogens is 1. The quantitative estimate of drug-likeness (QED) is 0.239. The van der Waals surface area contributed by atoms with Crippen LogP contribution in [0.4, 0.5) is 0 Å². The zero-order valence-electron chi connectivity index (χ0n) is 20.3. The topological polar surface area (TPSA) is 128 Å². The van der Waals surface area contributed by atoms with E-state index in [9.17, 15) is 20.4 Å². The number of ether oxygens (including phenoxy) is 2. The molecule has 194 valence electrons. The number of halogens is 1. The monoisotopic (exact) mass is 524 g/mol. The maximum atomic E-state index is 10.2. The number of aliphatic hydroxyl groups is 4. The van der Waals surface area contributed by atoms with Crippen LogP contribution in [0.1, 0.15) is 12.5 Å². The molecule has 4 aromatic rings. The van der Waals surface area contributed by atoms with Gasteiger partial charge < -0.3 is 34.9 Å². The Hall–Kier alpha value is -2.98. The number of rotatable bonds is 8. The molecule has 9 heteroatoms. The molecule has 0 aliphatic carbocycles. The first-order chi connectivity index (χ1) is 17.8. The molecule has 1 aromatic heterocycles. The van der Waals surface area contributed by atoms with Gasteiger partial charge in [-0.3, -0.25) is 0 Å². The SMILES string of the molecule is CC(CO)(CO)c1ccc(-c2ccc(-c3cc4nc(OC5CO[C@H](CO)C5O)[nH]c4cc3Cl)cc2)cc1. The molecule has 0 amide bonds. The molecular formula is C28H29ClN2O6. The second kappa shape index (κ2) is 10.4. The van der Waals surface area contributed by atoms with Gasteiger partial charge in [-0.15, -0.1) is 0 Å². The minimum absolute atomic E-state index is 0.132. The fourth-order valence-electron chi connectivity index (χ4n) is 4.49. The van der Waals surface area contributed by atoms with Crippen molar-refractivity contribution in [2.24, 2.45) is 0 Å². The second-order valence-corrected chi connectivity index (χ2v) is 10.0. The van der Waals surface area contributed by atoms with Crippen LogP contribution in [0.5, 0.6) is 6.01 Å². The number of benzene rings is 3. The third-order valence-corrected chi connectivity index (χ3v) is 7.35. The van der Waals surface area contributed by atoms with Crippen molar-refractivity contribution in [2.75, 3.05) is 26.4 Å². The summed E-state index contributed by atoms with van der Waals surface area (Å²) in [6.07, 6.45) is -2.24. The van der Waals surface area contributed by atoms with Gasteiger partial charge in [0.15, 0.2) is 6.10 Å². The molecule has 5 N–H and O–H groups in total. The Morgan fingerprint density at radius 2 is 1.62 bits per heavy atom. The maximum Gasteiger partial charge on any atom is 0.295 e. The molecule has 0 saturated carbocycles. The number of fused-ring (bicyclic) bond motifs is 1. The van der Waals surface area contributed by atoms with Gasteiger partial charge in [0, 0.05) is 11.0 Å². The number of nitrogens with zero attached hydrogens (tertiary/aromatic N) is 1. The molecule has 3 aromatic carbocycles. The Bertz CT molecular complexity index is 1370. The highest BCUT2D eigenvalue weighted by Crippen LogP contribution is 2.34. The van der Waals surface area contributed by atoms with Crippen LogP contribution in [0.25, 0.3) is 33.3 Å². The highest BCUT2D eigenvalue weighted by Gasteiger charge is 2.37. The van der Waals surface area contributed by atoms with Crippen molar-refractivity contribution >= 4 is 22.6 Å². The zero-order valence-corrected chi connectivity index (χ0v) is 21.0. The Kier molecular flexibility index (Phi) is 7.22. The lowest BCUT2D eigenvalue weighted by Gasteiger charge is -2.25. The smallest absolute Gasteiger partial charge is 0.295 e. The largest absolute Gasteiger partial charge is 0.456 e. The molecule has 0 spiro atoms. The van der Waals surface area contributed by atoms with Gasteiger partial charge in [0.05, 0.1) is 42.5 Å². The zero-order chi connectivity index (χ0) is 26.2. The molecule has 1 fully saturated rings. The summed E-state index contributed by atoms with van der Waals surface area (Å²) >= 11 is 6.61. The van der Waals surface area contributed by atoms with Crippen molar-refractivity contribution in [1.29, 1.82) is 0 Å². The van der Waals surface area contributed by atoms with Crippen LogP contribution in [-0.4, -0.2) is 75.1 Å². The van der Waals surface area contributed by atoms with Gasteiger partial charge >= 0.3 is 0 Å². The van der Waals surface area contributed by atoms with Gasteiger partial charge in [0.25, 0.3) is 6.01 Å². The first-order valence-electron chi connectivity index (χ1n) is 12.0. The minimum Gasteiger partial charge on any atom is -0.456 e. The van der Waals surface area contributed by atoms with E-state index in [1.165, 1.54) is 0 Å². The summed E-state index contributed by atoms with van der Waals surface area (Å²) in [4.78, 5) is 7.57. The van der Waals surface area contributed by atoms with Crippen LogP contribution in [0.3, 0.4) is 0 Å². The molecule has 8 nitrogen and oxygen atoms in total. The summed E-state index contributed by atoms with van der Waals surface area (Å²) in [6, 6.07) is 19.7. The summed E-state index contributed by atoms with van der Waals surface area (Å²) < 4.78 is 11.1. The summed E-state index contributed by atoms with van der Waals surface area (Å²) in [5.74, 6) is 0. The number of hydrogen-bond donors (Lipinski definition) is 5. The molecule has 3 atom stereocenters. The first-order valence-corrected chi connectivity index (χ1v) is 12.4. The number of hydrogen-bond acceptors (Lipinski definition) is 7. The standard InChI is InChI=1S/C28H29ClN2O6/c1-28(14-33,15-34)19-8-6-17(7-9-19)16-2-4-18(5-3-16)20-10-22-23(11-21(20)29)31-27(30-22)37-25-13-36-24(12-32)26(25)35/h2-11,24-26,32-35H,12-15H2,1H3,(H,30,31)/t24-,25?,26?/m1/s1. The predicted molar refractivity (Wildman–Crippen MR) is 141 cm³/mol. The van der Waals surface area contributed by atoms with Crippen LogP contribution in [0.2, 0.25) is 5.02 Å². The highest BCUT2D eigenvalue weighted by molar-refractivity contribution is 6.34. The third-order valence-electron chi connectivity index (χ3n) is 7.04. The molecule has 1 aliphatic rings. The van der Waals surface area contributed by atoms with E-state index in [2.05, 4.69) is 9.97 Å². The number of aliphatic hydroxyl groups excluding tert-OH is 4. The summed E-state index contributed by atoms with van der Waals surface area (Å²) in [5.41, 5.74) is 5.35. The molecule has 0 radical (unpaired) electrons. The van der Waals surface area contributed by atoms with Crippen LogP contribution < -0.4 is 4.74 Å². The molecular weight excluding hydrogens is 496 g/mol. The molecule has 1 saturated heterocycles. The summed E-state index contributed by atoms with van der Waals surface area (Å²) in [6.45, 7) is 1.44. The third kappa shape index (κ3) is 4.96. The number of aromatic nitrogens is 2. The second-order valence-electron chi connectivity index (χ2n) is 9.62. The fraction of sp³-hybridized carbons (Fsp3) is 0.321. The van der Waals surface area contributed by atoms with E-state index in [1.807, 2.05) is 61.5 Å². The highest BCUT2D eigenvalue weighted by atomic mass is 35.5. The predicted octanol–water partition coefficient (Wildman–Crippen LogP) is 3.29.